The quantitative estimate of drug-likeness (QED) is 0.824. The molecule has 122 valence electrons. The van der Waals surface area contributed by atoms with Crippen molar-refractivity contribution in [2.24, 2.45) is 5.92 Å². The van der Waals surface area contributed by atoms with Gasteiger partial charge in [-0.1, -0.05) is 38.5 Å². The maximum atomic E-state index is 12.6. The number of pyridine rings is 1. The number of carbonyl (C=O) groups is 2. The standard InChI is InChI=1S/C17H20N2O4/c1-4-10(2)15(17(22)23-3)19-16(21)12-9-14(20)18-13-8-6-5-7-11(12)13/h5-10,15H,4H2,1-3H3,(H,18,20)(H,19,21). The lowest BCUT2D eigenvalue weighted by Gasteiger charge is -2.22. The third-order valence-electron chi connectivity index (χ3n) is 3.95. The number of rotatable bonds is 5. The second-order valence-corrected chi connectivity index (χ2v) is 5.45. The number of benzene rings is 1. The summed E-state index contributed by atoms with van der Waals surface area (Å²) in [5.41, 5.74) is 0.442. The van der Waals surface area contributed by atoms with E-state index in [-0.39, 0.29) is 17.0 Å². The number of carbonyl (C=O) groups excluding carboxylic acids is 2. The van der Waals surface area contributed by atoms with Crippen molar-refractivity contribution >= 4 is 22.8 Å². The van der Waals surface area contributed by atoms with Crippen LogP contribution in [0.15, 0.2) is 35.1 Å². The Morgan fingerprint density at radius 2 is 2.00 bits per heavy atom. The van der Waals surface area contributed by atoms with Crippen LogP contribution in [0, 0.1) is 5.92 Å². The number of aromatic amines is 1. The molecule has 0 saturated heterocycles. The van der Waals surface area contributed by atoms with E-state index in [0.29, 0.717) is 17.3 Å². The van der Waals surface area contributed by atoms with Gasteiger partial charge < -0.3 is 15.0 Å². The third-order valence-corrected chi connectivity index (χ3v) is 3.95. The minimum Gasteiger partial charge on any atom is -0.467 e. The van der Waals surface area contributed by atoms with Gasteiger partial charge in [0.25, 0.3) is 5.91 Å². The predicted molar refractivity (Wildman–Crippen MR) is 87.3 cm³/mol. The van der Waals surface area contributed by atoms with Crippen LogP contribution in [0.1, 0.15) is 30.6 Å². The molecule has 6 nitrogen and oxygen atoms in total. The molecule has 1 aromatic heterocycles. The van der Waals surface area contributed by atoms with Crippen molar-refractivity contribution in [3.05, 3.63) is 46.2 Å². The summed E-state index contributed by atoms with van der Waals surface area (Å²) in [6.07, 6.45) is 0.705. The second-order valence-electron chi connectivity index (χ2n) is 5.45. The number of hydrogen-bond donors (Lipinski definition) is 2. The van der Waals surface area contributed by atoms with Crippen molar-refractivity contribution in [1.29, 1.82) is 0 Å². The van der Waals surface area contributed by atoms with Gasteiger partial charge in [0.15, 0.2) is 0 Å². The van der Waals surface area contributed by atoms with Crippen LogP contribution in [-0.2, 0) is 9.53 Å². The highest BCUT2D eigenvalue weighted by Gasteiger charge is 2.27. The first-order valence-corrected chi connectivity index (χ1v) is 7.48. The lowest BCUT2D eigenvalue weighted by Crippen LogP contribution is -2.45. The highest BCUT2D eigenvalue weighted by molar-refractivity contribution is 6.07. The van der Waals surface area contributed by atoms with Crippen molar-refractivity contribution in [2.45, 2.75) is 26.3 Å². The zero-order valence-electron chi connectivity index (χ0n) is 13.4. The van der Waals surface area contributed by atoms with Gasteiger partial charge in [0.1, 0.15) is 6.04 Å². The average Bonchev–Trinajstić information content (AvgIpc) is 2.57. The molecule has 0 aliphatic rings. The van der Waals surface area contributed by atoms with Crippen LogP contribution in [0.25, 0.3) is 10.9 Å². The van der Waals surface area contributed by atoms with Gasteiger partial charge in [-0.15, -0.1) is 0 Å². The Hall–Kier alpha value is -2.63. The summed E-state index contributed by atoms with van der Waals surface area (Å²) in [4.78, 5) is 38.9. The normalized spacial score (nSPS) is 13.3. The van der Waals surface area contributed by atoms with Crippen LogP contribution < -0.4 is 10.9 Å². The number of nitrogens with one attached hydrogen (secondary N) is 2. The molecule has 0 radical (unpaired) electrons. The summed E-state index contributed by atoms with van der Waals surface area (Å²) in [7, 11) is 1.28. The Morgan fingerprint density at radius 1 is 1.30 bits per heavy atom. The van der Waals surface area contributed by atoms with Gasteiger partial charge in [-0.05, 0) is 12.0 Å². The molecular weight excluding hydrogens is 296 g/mol. The molecule has 1 amide bonds. The fourth-order valence-electron chi connectivity index (χ4n) is 2.41. The Kier molecular flexibility index (Phi) is 5.16. The SMILES string of the molecule is CCC(C)C(NC(=O)c1cc(=O)[nH]c2ccccc12)C(=O)OC. The Morgan fingerprint density at radius 3 is 2.65 bits per heavy atom. The predicted octanol–water partition coefficient (Wildman–Crippen LogP) is 1.85. The number of aromatic nitrogens is 1. The molecule has 23 heavy (non-hydrogen) atoms. The third kappa shape index (κ3) is 3.59. The number of fused-ring (bicyclic) bond motifs is 1. The first-order chi connectivity index (χ1) is 11.0. The summed E-state index contributed by atoms with van der Waals surface area (Å²) in [5.74, 6) is -1.05. The van der Waals surface area contributed by atoms with Crippen LogP contribution in [0.4, 0.5) is 0 Å². The van der Waals surface area contributed by atoms with E-state index in [1.807, 2.05) is 13.8 Å². The number of H-pyrrole nitrogens is 1. The van der Waals surface area contributed by atoms with Gasteiger partial charge in [0.2, 0.25) is 5.56 Å². The maximum Gasteiger partial charge on any atom is 0.328 e. The van der Waals surface area contributed by atoms with E-state index in [1.54, 1.807) is 24.3 Å². The monoisotopic (exact) mass is 316 g/mol. The molecule has 2 rings (SSSR count). The second kappa shape index (κ2) is 7.09. The molecule has 0 fully saturated rings. The number of methoxy groups -OCH3 is 1. The number of ether oxygens (including phenoxy) is 1. The molecule has 0 bridgehead atoms. The number of amides is 1. The van der Waals surface area contributed by atoms with Crippen molar-refractivity contribution in [3.8, 4) is 0 Å². The first-order valence-electron chi connectivity index (χ1n) is 7.48. The molecule has 2 unspecified atom stereocenters. The van der Waals surface area contributed by atoms with Gasteiger partial charge in [-0.25, -0.2) is 4.79 Å². The van der Waals surface area contributed by atoms with Gasteiger partial charge in [-0.2, -0.15) is 0 Å². The summed E-state index contributed by atoms with van der Waals surface area (Å²) in [6.45, 7) is 3.78. The maximum absolute atomic E-state index is 12.6. The van der Waals surface area contributed by atoms with Gasteiger partial charge in [0.05, 0.1) is 12.7 Å². The van der Waals surface area contributed by atoms with E-state index < -0.39 is 17.9 Å². The van der Waals surface area contributed by atoms with Crippen LogP contribution in [0.3, 0.4) is 0 Å². The first kappa shape index (κ1) is 16.7. The van der Waals surface area contributed by atoms with Crippen LogP contribution in [-0.4, -0.2) is 30.0 Å². The van der Waals surface area contributed by atoms with Crippen molar-refractivity contribution in [1.82, 2.24) is 10.3 Å². The lowest BCUT2D eigenvalue weighted by molar-refractivity contribution is -0.144. The molecule has 2 atom stereocenters. The van der Waals surface area contributed by atoms with Crippen molar-refractivity contribution in [2.75, 3.05) is 7.11 Å². The molecule has 0 aliphatic carbocycles. The molecule has 2 aromatic rings. The van der Waals surface area contributed by atoms with Gasteiger partial charge >= 0.3 is 5.97 Å². The number of hydrogen-bond acceptors (Lipinski definition) is 4. The van der Waals surface area contributed by atoms with E-state index in [2.05, 4.69) is 10.3 Å². The molecule has 0 spiro atoms. The summed E-state index contributed by atoms with van der Waals surface area (Å²) in [6, 6.07) is 7.51. The van der Waals surface area contributed by atoms with Crippen molar-refractivity contribution < 1.29 is 14.3 Å². The molecule has 2 N–H and O–H groups in total. The number of esters is 1. The smallest absolute Gasteiger partial charge is 0.328 e. The highest BCUT2D eigenvalue weighted by Crippen LogP contribution is 2.16. The fraction of sp³-hybridized carbons (Fsp3) is 0.353. The van der Waals surface area contributed by atoms with E-state index in [9.17, 15) is 14.4 Å². The fourth-order valence-corrected chi connectivity index (χ4v) is 2.41. The van der Waals surface area contributed by atoms with Crippen molar-refractivity contribution in [3.63, 3.8) is 0 Å². The zero-order chi connectivity index (χ0) is 17.0. The molecule has 1 heterocycles. The minimum atomic E-state index is -0.754. The van der Waals surface area contributed by atoms with E-state index in [1.165, 1.54) is 13.2 Å². The molecule has 6 heteroatoms. The number of para-hydroxylation sites is 1. The topological polar surface area (TPSA) is 88.3 Å². The molecule has 0 aliphatic heterocycles. The highest BCUT2D eigenvalue weighted by atomic mass is 16.5. The average molecular weight is 316 g/mol. The summed E-state index contributed by atoms with van der Waals surface area (Å²) >= 11 is 0. The van der Waals surface area contributed by atoms with Crippen LogP contribution in [0.5, 0.6) is 0 Å². The molecular formula is C17H20N2O4. The molecule has 1 aromatic carbocycles. The van der Waals surface area contributed by atoms with Crippen LogP contribution >= 0.6 is 0 Å². The van der Waals surface area contributed by atoms with Crippen LogP contribution in [0.2, 0.25) is 0 Å². The summed E-state index contributed by atoms with van der Waals surface area (Å²) < 4.78 is 4.76. The summed E-state index contributed by atoms with van der Waals surface area (Å²) in [5, 5.41) is 3.31. The largest absolute Gasteiger partial charge is 0.467 e. The Balaban J connectivity index is 2.40. The lowest BCUT2D eigenvalue weighted by atomic mass is 9.98. The van der Waals surface area contributed by atoms with Gasteiger partial charge in [-0.3, -0.25) is 9.59 Å². The van der Waals surface area contributed by atoms with E-state index in [0.717, 1.165) is 0 Å². The molecule has 0 saturated carbocycles. The van der Waals surface area contributed by atoms with E-state index in [4.69, 9.17) is 4.74 Å². The van der Waals surface area contributed by atoms with Gasteiger partial charge in [0, 0.05) is 17.0 Å². The zero-order valence-corrected chi connectivity index (χ0v) is 13.4. The Labute approximate surface area is 133 Å². The minimum absolute atomic E-state index is 0.0836. The van der Waals surface area contributed by atoms with E-state index >= 15 is 0 Å². The Bertz CT molecular complexity index is 782.